The minimum atomic E-state index is -0.220. The van der Waals surface area contributed by atoms with Crippen LogP contribution in [0.25, 0.3) is 0 Å². The molecule has 1 aliphatic heterocycles. The third-order valence-electron chi connectivity index (χ3n) is 6.02. The van der Waals surface area contributed by atoms with Crippen molar-refractivity contribution in [3.05, 3.63) is 41.6 Å². The molecule has 2 aromatic rings. The Morgan fingerprint density at radius 2 is 2.03 bits per heavy atom. The summed E-state index contributed by atoms with van der Waals surface area (Å²) in [6, 6.07) is 6.05. The molecule has 0 bridgehead atoms. The van der Waals surface area contributed by atoms with Crippen LogP contribution in [0.15, 0.2) is 28.9 Å². The number of benzene rings is 1. The second-order valence-electron chi connectivity index (χ2n) is 8.18. The Balaban J connectivity index is 1.60. The summed E-state index contributed by atoms with van der Waals surface area (Å²) >= 11 is 0. The topological polar surface area (TPSA) is 89.3 Å². The quantitative estimate of drug-likeness (QED) is 0.517. The highest BCUT2D eigenvalue weighted by Gasteiger charge is 2.20. The van der Waals surface area contributed by atoms with Crippen LogP contribution in [0.3, 0.4) is 0 Å². The lowest BCUT2D eigenvalue weighted by molar-refractivity contribution is 0.0383. The molecule has 9 nitrogen and oxygen atoms in total. The lowest BCUT2D eigenvalue weighted by Gasteiger charge is -2.28. The zero-order valence-corrected chi connectivity index (χ0v) is 20.1. The lowest BCUT2D eigenvalue weighted by atomic mass is 10.1. The van der Waals surface area contributed by atoms with Gasteiger partial charge in [0.1, 0.15) is 17.8 Å². The molecule has 0 saturated carbocycles. The number of ether oxygens (including phenoxy) is 3. The molecule has 1 N–H and O–H groups in total. The van der Waals surface area contributed by atoms with E-state index in [4.69, 9.17) is 18.6 Å². The van der Waals surface area contributed by atoms with Gasteiger partial charge in [-0.3, -0.25) is 14.6 Å². The van der Waals surface area contributed by atoms with Gasteiger partial charge in [0.15, 0.2) is 5.69 Å². The second kappa shape index (κ2) is 12.6. The number of hydrogen-bond acceptors (Lipinski definition) is 8. The van der Waals surface area contributed by atoms with Gasteiger partial charge in [0.2, 0.25) is 5.89 Å². The summed E-state index contributed by atoms with van der Waals surface area (Å²) in [7, 11) is 3.31. The third kappa shape index (κ3) is 7.18. The van der Waals surface area contributed by atoms with Crippen LogP contribution < -0.4 is 14.8 Å². The van der Waals surface area contributed by atoms with Crippen molar-refractivity contribution in [2.45, 2.75) is 39.4 Å². The number of aromatic nitrogens is 1. The summed E-state index contributed by atoms with van der Waals surface area (Å²) < 4.78 is 21.9. The summed E-state index contributed by atoms with van der Waals surface area (Å²) in [5.41, 5.74) is 1.32. The molecule has 2 heterocycles. The first-order valence-corrected chi connectivity index (χ1v) is 11.5. The van der Waals surface area contributed by atoms with Crippen LogP contribution >= 0.6 is 0 Å². The van der Waals surface area contributed by atoms with Gasteiger partial charge in [-0.2, -0.15) is 0 Å². The predicted molar refractivity (Wildman–Crippen MR) is 125 cm³/mol. The molecule has 1 atom stereocenters. The molecular formula is C24H36N4O5. The number of hydrogen-bond donors (Lipinski definition) is 1. The minimum absolute atomic E-state index is 0.220. The number of carbonyl (C=O) groups is 1. The first-order chi connectivity index (χ1) is 16.0. The van der Waals surface area contributed by atoms with Gasteiger partial charge in [0, 0.05) is 44.3 Å². The fourth-order valence-electron chi connectivity index (χ4n) is 3.75. The van der Waals surface area contributed by atoms with E-state index in [0.717, 1.165) is 56.3 Å². The van der Waals surface area contributed by atoms with E-state index in [1.165, 1.54) is 6.26 Å². The van der Waals surface area contributed by atoms with Crippen LogP contribution in [0.5, 0.6) is 11.5 Å². The molecule has 1 aromatic heterocycles. The molecule has 1 fully saturated rings. The Hall–Kier alpha value is -2.62. The fraction of sp³-hybridized carbons (Fsp3) is 0.583. The van der Waals surface area contributed by atoms with E-state index in [1.54, 1.807) is 14.2 Å². The van der Waals surface area contributed by atoms with Crippen molar-refractivity contribution >= 4 is 5.91 Å². The summed E-state index contributed by atoms with van der Waals surface area (Å²) in [5.74, 6) is 1.87. The lowest BCUT2D eigenvalue weighted by Crippen LogP contribution is -2.41. The minimum Gasteiger partial charge on any atom is -0.497 e. The fourth-order valence-corrected chi connectivity index (χ4v) is 3.75. The van der Waals surface area contributed by atoms with Crippen LogP contribution in [0.1, 0.15) is 42.2 Å². The van der Waals surface area contributed by atoms with Gasteiger partial charge in [-0.25, -0.2) is 4.98 Å². The molecule has 1 saturated heterocycles. The summed E-state index contributed by atoms with van der Waals surface area (Å²) in [4.78, 5) is 21.5. The molecule has 9 heteroatoms. The number of carbonyl (C=O) groups excluding carboxylic acids is 1. The molecular weight excluding hydrogens is 424 g/mol. The number of amides is 1. The molecule has 1 amide bonds. The van der Waals surface area contributed by atoms with E-state index in [2.05, 4.69) is 33.9 Å². The number of morpholine rings is 1. The van der Waals surface area contributed by atoms with E-state index in [1.807, 2.05) is 18.2 Å². The summed E-state index contributed by atoms with van der Waals surface area (Å²) in [6.45, 7) is 10.1. The molecule has 182 valence electrons. The highest BCUT2D eigenvalue weighted by Crippen LogP contribution is 2.27. The number of methoxy groups -OCH3 is 2. The van der Waals surface area contributed by atoms with Gasteiger partial charge in [-0.05, 0) is 31.5 Å². The van der Waals surface area contributed by atoms with Crippen molar-refractivity contribution in [1.29, 1.82) is 0 Å². The Labute approximate surface area is 196 Å². The Kier molecular flexibility index (Phi) is 9.53. The van der Waals surface area contributed by atoms with Gasteiger partial charge in [-0.1, -0.05) is 6.92 Å². The van der Waals surface area contributed by atoms with E-state index < -0.39 is 0 Å². The van der Waals surface area contributed by atoms with Crippen LogP contribution in [0.4, 0.5) is 0 Å². The first kappa shape index (κ1) is 25.0. The van der Waals surface area contributed by atoms with Gasteiger partial charge in [0.05, 0.1) is 34.0 Å². The Bertz CT molecular complexity index is 881. The zero-order valence-electron chi connectivity index (χ0n) is 20.1. The average Bonchev–Trinajstić information content (AvgIpc) is 3.32. The maximum atomic E-state index is 12.5. The van der Waals surface area contributed by atoms with E-state index >= 15 is 0 Å². The molecule has 0 spiro atoms. The average molecular weight is 461 g/mol. The number of nitrogens with one attached hydrogen (secondary N) is 1. The van der Waals surface area contributed by atoms with Crippen molar-refractivity contribution in [3.8, 4) is 11.5 Å². The predicted octanol–water partition coefficient (Wildman–Crippen LogP) is 2.55. The molecule has 1 aliphatic rings. The van der Waals surface area contributed by atoms with E-state index in [9.17, 15) is 4.79 Å². The first-order valence-electron chi connectivity index (χ1n) is 11.5. The monoisotopic (exact) mass is 460 g/mol. The number of oxazole rings is 1. The second-order valence-corrected chi connectivity index (χ2v) is 8.18. The van der Waals surface area contributed by atoms with Gasteiger partial charge in [0.25, 0.3) is 5.91 Å². The van der Waals surface area contributed by atoms with Gasteiger partial charge in [-0.15, -0.1) is 0 Å². The maximum Gasteiger partial charge on any atom is 0.273 e. The van der Waals surface area contributed by atoms with Gasteiger partial charge >= 0.3 is 0 Å². The molecule has 33 heavy (non-hydrogen) atoms. The van der Waals surface area contributed by atoms with Crippen molar-refractivity contribution < 1.29 is 23.4 Å². The van der Waals surface area contributed by atoms with Crippen LogP contribution in [0, 0.1) is 0 Å². The van der Waals surface area contributed by atoms with Crippen LogP contribution in [-0.4, -0.2) is 80.3 Å². The Morgan fingerprint density at radius 3 is 2.73 bits per heavy atom. The van der Waals surface area contributed by atoms with Crippen molar-refractivity contribution in [3.63, 3.8) is 0 Å². The van der Waals surface area contributed by atoms with Crippen molar-refractivity contribution in [2.75, 3.05) is 53.6 Å². The molecule has 1 aromatic carbocycles. The van der Waals surface area contributed by atoms with Crippen molar-refractivity contribution in [1.82, 2.24) is 20.1 Å². The largest absolute Gasteiger partial charge is 0.497 e. The smallest absolute Gasteiger partial charge is 0.273 e. The standard InChI is InChI=1S/C24H36N4O5/c1-5-18(2)28(15-19-14-20(30-3)6-7-22(19)31-4)16-23-26-21(17-33-23)24(29)25-8-9-27-10-12-32-13-11-27/h6-7,14,17-18H,5,8-13,15-16H2,1-4H3,(H,25,29). The number of nitrogens with zero attached hydrogens (tertiary/aromatic N) is 3. The molecule has 0 radical (unpaired) electrons. The van der Waals surface area contributed by atoms with Gasteiger partial charge < -0.3 is 23.9 Å². The molecule has 0 aliphatic carbocycles. The summed E-state index contributed by atoms with van der Waals surface area (Å²) in [5, 5.41) is 2.93. The normalized spacial score (nSPS) is 15.4. The Morgan fingerprint density at radius 1 is 1.24 bits per heavy atom. The third-order valence-corrected chi connectivity index (χ3v) is 6.02. The zero-order chi connectivity index (χ0) is 23.6. The maximum absolute atomic E-state index is 12.5. The highest BCUT2D eigenvalue weighted by atomic mass is 16.5. The highest BCUT2D eigenvalue weighted by molar-refractivity contribution is 5.91. The SMILES string of the molecule is CCC(C)N(Cc1nc(C(=O)NCCN2CCOCC2)co1)Cc1cc(OC)ccc1OC. The molecule has 1 unspecified atom stereocenters. The van der Waals surface area contributed by atoms with Crippen LogP contribution in [-0.2, 0) is 17.8 Å². The van der Waals surface area contributed by atoms with Crippen LogP contribution in [0.2, 0.25) is 0 Å². The molecule has 3 rings (SSSR count). The summed E-state index contributed by atoms with van der Waals surface area (Å²) in [6.07, 6.45) is 2.39. The van der Waals surface area contributed by atoms with Crippen molar-refractivity contribution in [2.24, 2.45) is 0 Å². The van der Waals surface area contributed by atoms with E-state index in [0.29, 0.717) is 31.2 Å². The number of rotatable bonds is 12. The van der Waals surface area contributed by atoms with E-state index in [-0.39, 0.29) is 11.9 Å².